The molecule has 104 valence electrons. The molecule has 0 fully saturated rings. The number of benzene rings is 1. The molecule has 5 heteroatoms. The minimum Gasteiger partial charge on any atom is -0.395 e. The summed E-state index contributed by atoms with van der Waals surface area (Å²) in [5.41, 5.74) is 1.61. The van der Waals surface area contributed by atoms with Crippen LogP contribution in [0.4, 0.5) is 0 Å². The van der Waals surface area contributed by atoms with Crippen molar-refractivity contribution in [3.8, 4) is 0 Å². The number of aromatic amines is 1. The van der Waals surface area contributed by atoms with E-state index in [0.717, 1.165) is 0 Å². The van der Waals surface area contributed by atoms with E-state index in [9.17, 15) is 9.59 Å². The third-order valence-corrected chi connectivity index (χ3v) is 3.04. The highest BCUT2D eigenvalue weighted by atomic mass is 16.3. The Labute approximate surface area is 116 Å². The van der Waals surface area contributed by atoms with Crippen LogP contribution in [0.2, 0.25) is 0 Å². The zero-order valence-corrected chi connectivity index (χ0v) is 11.2. The van der Waals surface area contributed by atoms with E-state index in [-0.39, 0.29) is 24.8 Å². The molecule has 0 saturated carbocycles. The van der Waals surface area contributed by atoms with Gasteiger partial charge in [0.25, 0.3) is 5.91 Å². The Morgan fingerprint density at radius 2 is 1.75 bits per heavy atom. The second kappa shape index (κ2) is 6.16. The van der Waals surface area contributed by atoms with Gasteiger partial charge in [-0.05, 0) is 18.2 Å². The van der Waals surface area contributed by atoms with Crippen LogP contribution in [0.1, 0.15) is 26.3 Å². The van der Waals surface area contributed by atoms with Crippen molar-refractivity contribution >= 4 is 11.7 Å². The summed E-state index contributed by atoms with van der Waals surface area (Å²) in [5, 5.41) is 8.81. The second-order valence-electron chi connectivity index (χ2n) is 4.46. The number of hydrogen-bond acceptors (Lipinski definition) is 3. The maximum atomic E-state index is 12.1. The molecule has 0 bridgehead atoms. The predicted octanol–water partition coefficient (Wildman–Crippen LogP) is 1.31. The fourth-order valence-corrected chi connectivity index (χ4v) is 1.87. The first-order valence-electron chi connectivity index (χ1n) is 6.27. The van der Waals surface area contributed by atoms with Crippen LogP contribution in [-0.4, -0.2) is 46.9 Å². The van der Waals surface area contributed by atoms with E-state index in [1.165, 1.54) is 4.90 Å². The summed E-state index contributed by atoms with van der Waals surface area (Å²) in [6.45, 7) is 0.204. The number of aromatic nitrogens is 1. The van der Waals surface area contributed by atoms with E-state index in [1.54, 1.807) is 49.8 Å². The molecule has 0 unspecified atom stereocenters. The summed E-state index contributed by atoms with van der Waals surface area (Å²) >= 11 is 0. The Kier molecular flexibility index (Phi) is 4.32. The number of likely N-dealkylation sites (N-methyl/N-ethyl adjacent to an activating group) is 1. The second-order valence-corrected chi connectivity index (χ2v) is 4.46. The molecule has 2 rings (SSSR count). The van der Waals surface area contributed by atoms with Crippen LogP contribution < -0.4 is 0 Å². The topological polar surface area (TPSA) is 73.4 Å². The summed E-state index contributed by atoms with van der Waals surface area (Å²) in [6.07, 6.45) is 3.32. The zero-order chi connectivity index (χ0) is 14.5. The van der Waals surface area contributed by atoms with Crippen molar-refractivity contribution in [1.82, 2.24) is 9.88 Å². The van der Waals surface area contributed by atoms with Gasteiger partial charge in [0.1, 0.15) is 0 Å². The molecule has 0 atom stereocenters. The van der Waals surface area contributed by atoms with Crippen molar-refractivity contribution in [2.75, 3.05) is 20.2 Å². The van der Waals surface area contributed by atoms with Gasteiger partial charge in [-0.25, -0.2) is 0 Å². The van der Waals surface area contributed by atoms with Gasteiger partial charge in [-0.1, -0.05) is 12.1 Å². The lowest BCUT2D eigenvalue weighted by molar-refractivity contribution is 0.0766. The lowest BCUT2D eigenvalue weighted by Crippen LogP contribution is -2.29. The Hall–Kier alpha value is -2.40. The van der Waals surface area contributed by atoms with Gasteiger partial charge in [-0.15, -0.1) is 0 Å². The quantitative estimate of drug-likeness (QED) is 0.806. The van der Waals surface area contributed by atoms with Gasteiger partial charge in [0.2, 0.25) is 0 Å². The number of ketones is 1. The fraction of sp³-hybridized carbons (Fsp3) is 0.200. The minimum absolute atomic E-state index is 0.0771. The van der Waals surface area contributed by atoms with Gasteiger partial charge < -0.3 is 15.0 Å². The number of H-pyrrole nitrogens is 1. The first-order chi connectivity index (χ1) is 9.63. The number of nitrogens with one attached hydrogen (secondary N) is 1. The number of carbonyl (C=O) groups excluding carboxylic acids is 2. The van der Waals surface area contributed by atoms with E-state index in [1.807, 2.05) is 0 Å². The molecule has 0 saturated heterocycles. The van der Waals surface area contributed by atoms with Crippen LogP contribution in [0.15, 0.2) is 42.7 Å². The van der Waals surface area contributed by atoms with Gasteiger partial charge in [-0.3, -0.25) is 9.59 Å². The summed E-state index contributed by atoms with van der Waals surface area (Å²) < 4.78 is 0. The van der Waals surface area contributed by atoms with E-state index in [0.29, 0.717) is 16.7 Å². The minimum atomic E-state index is -0.181. The van der Waals surface area contributed by atoms with Crippen molar-refractivity contribution in [2.45, 2.75) is 0 Å². The number of rotatable bonds is 5. The van der Waals surface area contributed by atoms with Crippen LogP contribution in [0, 0.1) is 0 Å². The molecular weight excluding hydrogens is 256 g/mol. The molecule has 0 radical (unpaired) electrons. The van der Waals surface area contributed by atoms with Gasteiger partial charge in [-0.2, -0.15) is 0 Å². The van der Waals surface area contributed by atoms with E-state index >= 15 is 0 Å². The lowest BCUT2D eigenvalue weighted by atomic mass is 10.0. The molecular formula is C15H16N2O3. The highest BCUT2D eigenvalue weighted by Crippen LogP contribution is 2.11. The molecule has 1 heterocycles. The molecule has 1 amide bonds. The highest BCUT2D eigenvalue weighted by Gasteiger charge is 2.13. The van der Waals surface area contributed by atoms with Gasteiger partial charge in [0, 0.05) is 42.7 Å². The number of carbonyl (C=O) groups is 2. The van der Waals surface area contributed by atoms with Crippen molar-refractivity contribution in [3.05, 3.63) is 59.4 Å². The smallest absolute Gasteiger partial charge is 0.253 e. The Bertz CT molecular complexity index is 588. The predicted molar refractivity (Wildman–Crippen MR) is 74.7 cm³/mol. The first-order valence-corrected chi connectivity index (χ1v) is 6.27. The van der Waals surface area contributed by atoms with Crippen LogP contribution in [-0.2, 0) is 0 Å². The number of amides is 1. The van der Waals surface area contributed by atoms with Crippen molar-refractivity contribution in [1.29, 1.82) is 0 Å². The number of hydrogen-bond donors (Lipinski definition) is 2. The molecule has 2 N–H and O–H groups in total. The molecule has 0 aliphatic rings. The monoisotopic (exact) mass is 272 g/mol. The number of aliphatic hydroxyl groups excluding tert-OH is 1. The zero-order valence-electron chi connectivity index (χ0n) is 11.2. The van der Waals surface area contributed by atoms with Gasteiger partial charge in [0.05, 0.1) is 6.61 Å². The molecule has 5 nitrogen and oxygen atoms in total. The van der Waals surface area contributed by atoms with E-state index in [4.69, 9.17) is 5.11 Å². The standard InChI is InChI=1S/C15H16N2O3/c1-17(8-9-18)15(20)12-4-2-11(3-5-12)14(19)13-6-7-16-10-13/h2-7,10,16,18H,8-9H2,1H3. The summed E-state index contributed by atoms with van der Waals surface area (Å²) in [5.74, 6) is -0.270. The third kappa shape index (κ3) is 2.95. The van der Waals surface area contributed by atoms with E-state index in [2.05, 4.69) is 4.98 Å². The lowest BCUT2D eigenvalue weighted by Gasteiger charge is -2.15. The van der Waals surface area contributed by atoms with Crippen LogP contribution in [0.3, 0.4) is 0 Å². The molecule has 1 aromatic heterocycles. The van der Waals surface area contributed by atoms with Crippen molar-refractivity contribution in [3.63, 3.8) is 0 Å². The SMILES string of the molecule is CN(CCO)C(=O)c1ccc(C(=O)c2cc[nH]c2)cc1. The third-order valence-electron chi connectivity index (χ3n) is 3.04. The van der Waals surface area contributed by atoms with Crippen LogP contribution in [0.5, 0.6) is 0 Å². The Morgan fingerprint density at radius 1 is 1.10 bits per heavy atom. The van der Waals surface area contributed by atoms with Crippen molar-refractivity contribution in [2.24, 2.45) is 0 Å². The van der Waals surface area contributed by atoms with Gasteiger partial charge in [0.15, 0.2) is 5.78 Å². The van der Waals surface area contributed by atoms with Crippen LogP contribution >= 0.6 is 0 Å². The molecule has 0 spiro atoms. The summed E-state index contributed by atoms with van der Waals surface area (Å²) in [4.78, 5) is 28.3. The van der Waals surface area contributed by atoms with Crippen molar-refractivity contribution < 1.29 is 14.7 Å². The molecule has 2 aromatic rings. The first kappa shape index (κ1) is 14.0. The average Bonchev–Trinajstić information content (AvgIpc) is 3.00. The molecule has 20 heavy (non-hydrogen) atoms. The normalized spacial score (nSPS) is 10.3. The summed E-state index contributed by atoms with van der Waals surface area (Å²) in [6, 6.07) is 8.22. The molecule has 1 aromatic carbocycles. The van der Waals surface area contributed by atoms with Crippen LogP contribution in [0.25, 0.3) is 0 Å². The Balaban J connectivity index is 2.14. The Morgan fingerprint density at radius 3 is 2.30 bits per heavy atom. The number of aliphatic hydroxyl groups is 1. The number of nitrogens with zero attached hydrogens (tertiary/aromatic N) is 1. The molecule has 0 aliphatic heterocycles. The summed E-state index contributed by atoms with van der Waals surface area (Å²) in [7, 11) is 1.62. The average molecular weight is 272 g/mol. The largest absolute Gasteiger partial charge is 0.395 e. The fourth-order valence-electron chi connectivity index (χ4n) is 1.87. The molecule has 0 aliphatic carbocycles. The van der Waals surface area contributed by atoms with E-state index < -0.39 is 0 Å². The maximum Gasteiger partial charge on any atom is 0.253 e. The van der Waals surface area contributed by atoms with Gasteiger partial charge >= 0.3 is 0 Å². The highest BCUT2D eigenvalue weighted by molar-refractivity contribution is 6.09. The maximum absolute atomic E-state index is 12.1.